The molecule has 1 aromatic carbocycles. The molecule has 0 saturated carbocycles. The van der Waals surface area contributed by atoms with Gasteiger partial charge in [-0.2, -0.15) is 5.06 Å². The molecule has 0 bridgehead atoms. The van der Waals surface area contributed by atoms with E-state index in [-0.39, 0.29) is 6.61 Å². The van der Waals surface area contributed by atoms with Gasteiger partial charge in [-0.05, 0) is 31.5 Å². The van der Waals surface area contributed by atoms with Gasteiger partial charge in [0.25, 0.3) is 0 Å². The molecular weight excluding hydrogens is 308 g/mol. The highest BCUT2D eigenvalue weighted by atomic mass is 35.5. The van der Waals surface area contributed by atoms with Crippen LogP contribution in [0.25, 0.3) is 0 Å². The Bertz CT molecular complexity index is 612. The summed E-state index contributed by atoms with van der Waals surface area (Å²) in [7, 11) is 1.36. The summed E-state index contributed by atoms with van der Waals surface area (Å²) in [6.45, 7) is 3.60. The maximum atomic E-state index is 12.3. The van der Waals surface area contributed by atoms with Gasteiger partial charge < -0.3 is 10.1 Å². The lowest BCUT2D eigenvalue weighted by molar-refractivity contribution is -0.140. The SMILES string of the molecule is CCOC(=O)C1=C(C)N(OC)C(=O)NC1c1ccc(Cl)cc1. The van der Waals surface area contributed by atoms with Crippen molar-refractivity contribution in [2.75, 3.05) is 13.7 Å². The normalized spacial score (nSPS) is 18.3. The van der Waals surface area contributed by atoms with Crippen LogP contribution in [0.4, 0.5) is 4.79 Å². The number of rotatable bonds is 4. The van der Waals surface area contributed by atoms with Gasteiger partial charge in [-0.3, -0.25) is 4.84 Å². The highest BCUT2D eigenvalue weighted by Gasteiger charge is 2.36. The van der Waals surface area contributed by atoms with Crippen molar-refractivity contribution in [3.05, 3.63) is 46.1 Å². The molecular formula is C15H17ClN2O4. The van der Waals surface area contributed by atoms with Crippen LogP contribution in [-0.4, -0.2) is 30.8 Å². The summed E-state index contributed by atoms with van der Waals surface area (Å²) in [4.78, 5) is 29.4. The van der Waals surface area contributed by atoms with Crippen molar-refractivity contribution in [3.8, 4) is 0 Å². The van der Waals surface area contributed by atoms with Crippen LogP contribution >= 0.6 is 11.6 Å². The molecule has 0 radical (unpaired) electrons. The molecule has 0 saturated heterocycles. The molecule has 1 atom stereocenters. The van der Waals surface area contributed by atoms with Gasteiger partial charge in [-0.1, -0.05) is 23.7 Å². The molecule has 2 rings (SSSR count). The zero-order valence-corrected chi connectivity index (χ0v) is 13.3. The van der Waals surface area contributed by atoms with Crippen LogP contribution in [0.1, 0.15) is 25.5 Å². The molecule has 2 amide bonds. The summed E-state index contributed by atoms with van der Waals surface area (Å²) >= 11 is 5.88. The van der Waals surface area contributed by atoms with Crippen LogP contribution in [0, 0.1) is 0 Å². The lowest BCUT2D eigenvalue weighted by Gasteiger charge is -2.33. The van der Waals surface area contributed by atoms with Crippen molar-refractivity contribution in [3.63, 3.8) is 0 Å². The molecule has 1 aliphatic heterocycles. The molecule has 0 aliphatic carbocycles. The highest BCUT2D eigenvalue weighted by Crippen LogP contribution is 2.31. The minimum absolute atomic E-state index is 0.240. The predicted molar refractivity (Wildman–Crippen MR) is 80.9 cm³/mol. The Morgan fingerprint density at radius 1 is 1.36 bits per heavy atom. The summed E-state index contributed by atoms with van der Waals surface area (Å²) < 4.78 is 5.10. The van der Waals surface area contributed by atoms with E-state index in [0.29, 0.717) is 16.3 Å². The second-order valence-corrected chi connectivity index (χ2v) is 5.07. The number of carbonyl (C=O) groups excluding carboxylic acids is 2. The van der Waals surface area contributed by atoms with E-state index in [9.17, 15) is 9.59 Å². The number of halogens is 1. The summed E-state index contributed by atoms with van der Waals surface area (Å²) in [5.41, 5.74) is 1.45. The van der Waals surface area contributed by atoms with Crippen LogP contribution in [-0.2, 0) is 14.4 Å². The second kappa shape index (κ2) is 6.81. The molecule has 7 heteroatoms. The third-order valence-corrected chi connectivity index (χ3v) is 3.57. The third-order valence-electron chi connectivity index (χ3n) is 3.32. The molecule has 1 heterocycles. The number of benzene rings is 1. The Kier molecular flexibility index (Phi) is 5.05. The van der Waals surface area contributed by atoms with Crippen molar-refractivity contribution >= 4 is 23.6 Å². The number of allylic oxidation sites excluding steroid dienone is 1. The highest BCUT2D eigenvalue weighted by molar-refractivity contribution is 6.30. The van der Waals surface area contributed by atoms with Crippen molar-refractivity contribution in [1.82, 2.24) is 10.4 Å². The number of hydrogen-bond acceptors (Lipinski definition) is 4. The standard InChI is InChI=1S/C15H17ClN2O4/c1-4-22-14(19)12-9(2)18(21-3)15(20)17-13(12)10-5-7-11(16)8-6-10/h5-8,13H,4H2,1-3H3,(H,17,20). The molecule has 22 heavy (non-hydrogen) atoms. The fourth-order valence-corrected chi connectivity index (χ4v) is 2.45. The molecule has 0 fully saturated rings. The van der Waals surface area contributed by atoms with Gasteiger partial charge in [0.1, 0.15) is 0 Å². The zero-order chi connectivity index (χ0) is 16.3. The number of carbonyl (C=O) groups is 2. The van der Waals surface area contributed by atoms with Gasteiger partial charge in [-0.25, -0.2) is 9.59 Å². The van der Waals surface area contributed by atoms with E-state index in [1.54, 1.807) is 38.1 Å². The van der Waals surface area contributed by atoms with E-state index >= 15 is 0 Å². The average molecular weight is 325 g/mol. The quantitative estimate of drug-likeness (QED) is 0.865. The summed E-state index contributed by atoms with van der Waals surface area (Å²) in [5, 5.41) is 4.33. The predicted octanol–water partition coefficient (Wildman–Crippen LogP) is 2.80. The first-order chi connectivity index (χ1) is 10.5. The number of esters is 1. The fourth-order valence-electron chi connectivity index (χ4n) is 2.32. The molecule has 0 aromatic heterocycles. The molecule has 0 spiro atoms. The van der Waals surface area contributed by atoms with E-state index in [0.717, 1.165) is 10.6 Å². The fraction of sp³-hybridized carbons (Fsp3) is 0.333. The minimum atomic E-state index is -0.616. The Balaban J connectivity index is 2.50. The van der Waals surface area contributed by atoms with Crippen molar-refractivity contribution in [2.45, 2.75) is 19.9 Å². The lowest BCUT2D eigenvalue weighted by Crippen LogP contribution is -2.47. The van der Waals surface area contributed by atoms with Crippen molar-refractivity contribution in [2.24, 2.45) is 0 Å². The first-order valence-corrected chi connectivity index (χ1v) is 7.15. The number of nitrogens with zero attached hydrogens (tertiary/aromatic N) is 1. The van der Waals surface area contributed by atoms with Gasteiger partial charge in [-0.15, -0.1) is 0 Å². The molecule has 1 unspecified atom stereocenters. The number of amides is 2. The number of hydrogen-bond donors (Lipinski definition) is 1. The van der Waals surface area contributed by atoms with Crippen LogP contribution < -0.4 is 5.32 Å². The van der Waals surface area contributed by atoms with E-state index in [4.69, 9.17) is 21.2 Å². The van der Waals surface area contributed by atoms with E-state index in [2.05, 4.69) is 5.32 Å². The number of urea groups is 1. The molecule has 6 nitrogen and oxygen atoms in total. The Morgan fingerprint density at radius 2 is 2.00 bits per heavy atom. The maximum absolute atomic E-state index is 12.3. The minimum Gasteiger partial charge on any atom is -0.463 e. The third kappa shape index (κ3) is 3.08. The van der Waals surface area contributed by atoms with E-state index < -0.39 is 18.0 Å². The first-order valence-electron chi connectivity index (χ1n) is 6.77. The van der Waals surface area contributed by atoms with Gasteiger partial charge in [0.2, 0.25) is 0 Å². The van der Waals surface area contributed by atoms with E-state index in [1.165, 1.54) is 7.11 Å². The Hall–Kier alpha value is -2.05. The van der Waals surface area contributed by atoms with Gasteiger partial charge >= 0.3 is 12.0 Å². The molecule has 1 aromatic rings. The zero-order valence-electron chi connectivity index (χ0n) is 12.6. The van der Waals surface area contributed by atoms with Gasteiger partial charge in [0, 0.05) is 5.02 Å². The smallest absolute Gasteiger partial charge is 0.346 e. The van der Waals surface area contributed by atoms with Gasteiger partial charge in [0.15, 0.2) is 0 Å². The summed E-state index contributed by atoms with van der Waals surface area (Å²) in [6, 6.07) is 5.83. The van der Waals surface area contributed by atoms with Crippen LogP contribution in [0.5, 0.6) is 0 Å². The van der Waals surface area contributed by atoms with Crippen molar-refractivity contribution < 1.29 is 19.2 Å². The Labute approximate surface area is 133 Å². The van der Waals surface area contributed by atoms with E-state index in [1.807, 2.05) is 0 Å². The average Bonchev–Trinajstić information content (AvgIpc) is 2.48. The van der Waals surface area contributed by atoms with Crippen LogP contribution in [0.15, 0.2) is 35.5 Å². The van der Waals surface area contributed by atoms with Crippen LogP contribution in [0.2, 0.25) is 5.02 Å². The second-order valence-electron chi connectivity index (χ2n) is 4.63. The monoisotopic (exact) mass is 324 g/mol. The maximum Gasteiger partial charge on any atom is 0.346 e. The molecule has 118 valence electrons. The van der Waals surface area contributed by atoms with Crippen molar-refractivity contribution in [1.29, 1.82) is 0 Å². The van der Waals surface area contributed by atoms with Gasteiger partial charge in [0.05, 0.1) is 31.0 Å². The largest absolute Gasteiger partial charge is 0.463 e. The molecule has 1 N–H and O–H groups in total. The lowest BCUT2D eigenvalue weighted by atomic mass is 9.95. The van der Waals surface area contributed by atoms with Crippen LogP contribution in [0.3, 0.4) is 0 Å². The Morgan fingerprint density at radius 3 is 2.55 bits per heavy atom. The first kappa shape index (κ1) is 16.3. The number of hydroxylamine groups is 2. The number of ether oxygens (including phenoxy) is 1. The summed E-state index contributed by atoms with van der Waals surface area (Å²) in [5.74, 6) is -0.498. The topological polar surface area (TPSA) is 67.9 Å². The summed E-state index contributed by atoms with van der Waals surface area (Å²) in [6.07, 6.45) is 0. The number of nitrogens with one attached hydrogen (secondary N) is 1. The molecule has 1 aliphatic rings.